The zero-order valence-corrected chi connectivity index (χ0v) is 19.2. The van der Waals surface area contributed by atoms with Crippen molar-refractivity contribution in [2.24, 2.45) is 17.8 Å². The van der Waals surface area contributed by atoms with Crippen LogP contribution < -0.4 is 9.46 Å². The fraction of sp³-hybridized carbons (Fsp3) is 0.739. The predicted octanol–water partition coefficient (Wildman–Crippen LogP) is 4.57. The van der Waals surface area contributed by atoms with Gasteiger partial charge in [0.05, 0.1) is 11.9 Å². The quantitative estimate of drug-likeness (QED) is 0.570. The highest BCUT2D eigenvalue weighted by Crippen LogP contribution is 2.43. The Balaban J connectivity index is 1.20. The molecule has 8 heteroatoms. The van der Waals surface area contributed by atoms with Gasteiger partial charge >= 0.3 is 0 Å². The van der Waals surface area contributed by atoms with Crippen molar-refractivity contribution in [3.05, 3.63) is 17.8 Å². The SMILES string of the molecule is CCc1cn2c(NS(=O)(=O)C3CC3)nnc2cc1OCCCC1CC2CCCC(C1)C2. The van der Waals surface area contributed by atoms with Gasteiger partial charge in [-0.25, -0.2) is 8.42 Å². The Morgan fingerprint density at radius 1 is 1.13 bits per heavy atom. The number of nitrogens with one attached hydrogen (secondary N) is 1. The molecule has 2 aromatic rings. The third-order valence-corrected chi connectivity index (χ3v) is 9.22. The number of aromatic nitrogens is 3. The fourth-order valence-corrected chi connectivity index (χ4v) is 6.99. The molecule has 0 radical (unpaired) electrons. The van der Waals surface area contributed by atoms with Crippen LogP contribution in [0.4, 0.5) is 5.95 Å². The van der Waals surface area contributed by atoms with Crippen molar-refractivity contribution < 1.29 is 13.2 Å². The molecule has 1 N–H and O–H groups in total. The topological polar surface area (TPSA) is 85.6 Å². The summed E-state index contributed by atoms with van der Waals surface area (Å²) < 4.78 is 35.0. The van der Waals surface area contributed by atoms with E-state index in [1.165, 1.54) is 44.9 Å². The number of aryl methyl sites for hydroxylation is 1. The number of anilines is 1. The van der Waals surface area contributed by atoms with Gasteiger partial charge in [-0.1, -0.05) is 26.2 Å². The van der Waals surface area contributed by atoms with Crippen molar-refractivity contribution in [2.45, 2.75) is 82.8 Å². The van der Waals surface area contributed by atoms with Crippen LogP contribution in [0.25, 0.3) is 5.65 Å². The lowest BCUT2D eigenvalue weighted by Crippen LogP contribution is -2.27. The molecule has 3 saturated carbocycles. The summed E-state index contributed by atoms with van der Waals surface area (Å²) in [5, 5.41) is 7.92. The lowest BCUT2D eigenvalue weighted by Gasteiger charge is -2.39. The van der Waals surface area contributed by atoms with Crippen molar-refractivity contribution in [3.63, 3.8) is 0 Å². The van der Waals surface area contributed by atoms with Crippen LogP contribution in [0.3, 0.4) is 0 Å². The molecule has 0 spiro atoms. The molecule has 5 rings (SSSR count). The number of fused-ring (bicyclic) bond motifs is 3. The Labute approximate surface area is 185 Å². The van der Waals surface area contributed by atoms with E-state index in [4.69, 9.17) is 4.74 Å². The van der Waals surface area contributed by atoms with Crippen molar-refractivity contribution >= 4 is 21.6 Å². The lowest BCUT2D eigenvalue weighted by molar-refractivity contribution is 0.127. The number of rotatable bonds is 9. The van der Waals surface area contributed by atoms with Crippen LogP contribution in [0.2, 0.25) is 0 Å². The summed E-state index contributed by atoms with van der Waals surface area (Å²) in [6, 6.07) is 1.88. The Kier molecular flexibility index (Phi) is 5.84. The minimum atomic E-state index is -3.37. The molecular weight excluding hydrogens is 412 g/mol. The van der Waals surface area contributed by atoms with Crippen LogP contribution in [0.1, 0.15) is 76.7 Å². The molecule has 0 amide bonds. The van der Waals surface area contributed by atoms with Gasteiger partial charge in [-0.3, -0.25) is 9.12 Å². The van der Waals surface area contributed by atoms with E-state index in [0.717, 1.165) is 41.9 Å². The number of hydrogen-bond acceptors (Lipinski definition) is 5. The van der Waals surface area contributed by atoms with E-state index >= 15 is 0 Å². The highest BCUT2D eigenvalue weighted by molar-refractivity contribution is 7.93. The van der Waals surface area contributed by atoms with Crippen LogP contribution in [0, 0.1) is 17.8 Å². The van der Waals surface area contributed by atoms with Crippen molar-refractivity contribution in [1.29, 1.82) is 0 Å². The number of nitrogens with zero attached hydrogens (tertiary/aromatic N) is 3. The number of hydrogen-bond donors (Lipinski definition) is 1. The second kappa shape index (κ2) is 8.60. The van der Waals surface area contributed by atoms with E-state index in [1.807, 2.05) is 12.3 Å². The van der Waals surface area contributed by atoms with Gasteiger partial charge in [-0.15, -0.1) is 10.2 Å². The molecule has 3 aliphatic rings. The van der Waals surface area contributed by atoms with Crippen LogP contribution >= 0.6 is 0 Å². The summed E-state index contributed by atoms with van der Waals surface area (Å²) in [5.74, 6) is 3.92. The highest BCUT2D eigenvalue weighted by atomic mass is 32.2. The molecule has 0 saturated heterocycles. The zero-order valence-electron chi connectivity index (χ0n) is 18.4. The summed E-state index contributed by atoms with van der Waals surface area (Å²) in [4.78, 5) is 0. The van der Waals surface area contributed by atoms with Crippen LogP contribution in [-0.4, -0.2) is 34.9 Å². The molecule has 2 aromatic heterocycles. The molecule has 170 valence electrons. The van der Waals surface area contributed by atoms with E-state index in [2.05, 4.69) is 21.8 Å². The van der Waals surface area contributed by atoms with Crippen LogP contribution in [0.5, 0.6) is 5.75 Å². The molecule has 0 aliphatic heterocycles. The first-order chi connectivity index (χ1) is 15.0. The van der Waals surface area contributed by atoms with E-state index in [9.17, 15) is 8.42 Å². The summed E-state index contributed by atoms with van der Waals surface area (Å²) in [6.07, 6.45) is 15.1. The minimum Gasteiger partial charge on any atom is -0.493 e. The maximum atomic E-state index is 12.3. The van der Waals surface area contributed by atoms with Gasteiger partial charge in [-0.2, -0.15) is 0 Å². The van der Waals surface area contributed by atoms with E-state index in [-0.39, 0.29) is 11.2 Å². The molecular formula is C23H34N4O3S. The molecule has 3 aliphatic carbocycles. The van der Waals surface area contributed by atoms with Gasteiger partial charge in [-0.05, 0) is 69.1 Å². The van der Waals surface area contributed by atoms with Gasteiger partial charge in [0.1, 0.15) is 5.75 Å². The van der Waals surface area contributed by atoms with Gasteiger partial charge in [0.25, 0.3) is 0 Å². The molecule has 2 unspecified atom stereocenters. The predicted molar refractivity (Wildman–Crippen MR) is 121 cm³/mol. The first-order valence-electron chi connectivity index (χ1n) is 12.0. The Hall–Kier alpha value is -1.83. The largest absolute Gasteiger partial charge is 0.493 e. The van der Waals surface area contributed by atoms with Crippen molar-refractivity contribution in [3.8, 4) is 5.75 Å². The van der Waals surface area contributed by atoms with E-state index in [0.29, 0.717) is 25.1 Å². The van der Waals surface area contributed by atoms with Gasteiger partial charge < -0.3 is 4.74 Å². The summed E-state index contributed by atoms with van der Waals surface area (Å²) in [7, 11) is -3.37. The maximum Gasteiger partial charge on any atom is 0.242 e. The van der Waals surface area contributed by atoms with Crippen molar-refractivity contribution in [1.82, 2.24) is 14.6 Å². The monoisotopic (exact) mass is 446 g/mol. The number of pyridine rings is 1. The molecule has 31 heavy (non-hydrogen) atoms. The maximum absolute atomic E-state index is 12.3. The second-order valence-corrected chi connectivity index (χ2v) is 11.8. The van der Waals surface area contributed by atoms with Crippen molar-refractivity contribution in [2.75, 3.05) is 11.3 Å². The minimum absolute atomic E-state index is 0.256. The molecule has 3 fully saturated rings. The second-order valence-electron chi connectivity index (χ2n) is 9.84. The smallest absolute Gasteiger partial charge is 0.242 e. The van der Waals surface area contributed by atoms with Gasteiger partial charge in [0.2, 0.25) is 16.0 Å². The van der Waals surface area contributed by atoms with E-state index in [1.54, 1.807) is 4.40 Å². The summed E-state index contributed by atoms with van der Waals surface area (Å²) >= 11 is 0. The van der Waals surface area contributed by atoms with E-state index < -0.39 is 10.0 Å². The lowest BCUT2D eigenvalue weighted by atomic mass is 9.67. The summed E-state index contributed by atoms with van der Waals surface area (Å²) in [5.41, 5.74) is 1.63. The Morgan fingerprint density at radius 2 is 1.90 bits per heavy atom. The zero-order chi connectivity index (χ0) is 21.4. The molecule has 2 bridgehead atoms. The fourth-order valence-electron chi connectivity index (χ4n) is 5.68. The molecule has 2 atom stereocenters. The average Bonchev–Trinajstić information content (AvgIpc) is 3.55. The first-order valence-corrected chi connectivity index (χ1v) is 13.6. The standard InChI is InChI=1S/C23H34N4O3S/c1-2-19-15-27-22(24-25-23(27)26-31(28,29)20-8-9-20)14-21(19)30-10-4-7-18-12-16-5-3-6-17(11-16)13-18/h14-18,20H,2-13H2,1H3,(H,25,26). The van der Waals surface area contributed by atoms with Crippen LogP contribution in [0.15, 0.2) is 12.3 Å². The third kappa shape index (κ3) is 4.69. The average molecular weight is 447 g/mol. The normalized spacial score (nSPS) is 26.2. The van der Waals surface area contributed by atoms with Crippen LogP contribution in [-0.2, 0) is 16.4 Å². The highest BCUT2D eigenvalue weighted by Gasteiger charge is 2.36. The Morgan fingerprint density at radius 3 is 2.61 bits per heavy atom. The number of sulfonamides is 1. The molecule has 7 nitrogen and oxygen atoms in total. The third-order valence-electron chi connectivity index (χ3n) is 7.40. The van der Waals surface area contributed by atoms with Gasteiger partial charge in [0.15, 0.2) is 5.65 Å². The molecule has 2 heterocycles. The summed E-state index contributed by atoms with van der Waals surface area (Å²) in [6.45, 7) is 2.79. The van der Waals surface area contributed by atoms with Gasteiger partial charge in [0, 0.05) is 17.8 Å². The first kappa shape index (κ1) is 21.0. The number of ether oxygens (including phenoxy) is 1. The Bertz CT molecular complexity index is 1020. The molecule has 0 aromatic carbocycles.